The van der Waals surface area contributed by atoms with Crippen molar-refractivity contribution in [2.45, 2.75) is 13.0 Å². The lowest BCUT2D eigenvalue weighted by molar-refractivity contribution is -0.117. The minimum Gasteiger partial charge on any atom is -0.344 e. The molecular weight excluding hydrogens is 212 g/mol. The van der Waals surface area contributed by atoms with Crippen LogP contribution in [0.3, 0.4) is 0 Å². The van der Waals surface area contributed by atoms with Gasteiger partial charge in [-0.1, -0.05) is 36.4 Å². The van der Waals surface area contributed by atoms with Crippen LogP contribution in [0.15, 0.2) is 42.5 Å². The third-order valence-corrected chi connectivity index (χ3v) is 2.38. The fraction of sp³-hybridized carbons (Fsp3) is 0.357. The summed E-state index contributed by atoms with van der Waals surface area (Å²) in [4.78, 5) is 13.7. The number of nitrogens with one attached hydrogen (secondary N) is 1. The highest BCUT2D eigenvalue weighted by atomic mass is 16.1. The normalized spacial score (nSPS) is 12.9. The van der Waals surface area contributed by atoms with Crippen molar-refractivity contribution < 1.29 is 4.79 Å². The molecule has 0 aromatic heterocycles. The predicted octanol–water partition coefficient (Wildman–Crippen LogP) is 1.98. The van der Waals surface area contributed by atoms with E-state index in [1.165, 1.54) is 0 Å². The fourth-order valence-corrected chi connectivity index (χ4v) is 1.66. The quantitative estimate of drug-likeness (QED) is 0.787. The van der Waals surface area contributed by atoms with Crippen molar-refractivity contribution in [2.24, 2.45) is 0 Å². The molecule has 0 aliphatic heterocycles. The van der Waals surface area contributed by atoms with E-state index in [4.69, 9.17) is 0 Å². The Kier molecular flexibility index (Phi) is 5.43. The van der Waals surface area contributed by atoms with E-state index in [0.29, 0.717) is 0 Å². The molecule has 1 unspecified atom stereocenters. The van der Waals surface area contributed by atoms with Crippen LogP contribution in [0.25, 0.3) is 0 Å². The zero-order valence-electron chi connectivity index (χ0n) is 10.7. The molecule has 0 aliphatic rings. The fourth-order valence-electron chi connectivity index (χ4n) is 1.66. The van der Waals surface area contributed by atoms with E-state index in [2.05, 4.69) is 10.2 Å². The molecule has 1 aromatic rings. The van der Waals surface area contributed by atoms with Crippen molar-refractivity contribution in [1.82, 2.24) is 10.2 Å². The van der Waals surface area contributed by atoms with Crippen LogP contribution in [0, 0.1) is 0 Å². The van der Waals surface area contributed by atoms with Crippen LogP contribution >= 0.6 is 0 Å². The number of hydrogen-bond acceptors (Lipinski definition) is 2. The molecule has 0 fully saturated rings. The topological polar surface area (TPSA) is 32.3 Å². The summed E-state index contributed by atoms with van der Waals surface area (Å²) >= 11 is 0. The second kappa shape index (κ2) is 6.86. The van der Waals surface area contributed by atoms with Gasteiger partial charge in [-0.2, -0.15) is 0 Å². The van der Waals surface area contributed by atoms with Gasteiger partial charge in [0, 0.05) is 6.54 Å². The van der Waals surface area contributed by atoms with E-state index >= 15 is 0 Å². The second-order valence-electron chi connectivity index (χ2n) is 4.23. The number of nitrogens with zero attached hydrogens (tertiary/aromatic N) is 1. The van der Waals surface area contributed by atoms with Gasteiger partial charge in [0.1, 0.15) is 0 Å². The first-order valence-electron chi connectivity index (χ1n) is 5.76. The van der Waals surface area contributed by atoms with E-state index in [1.54, 1.807) is 12.2 Å². The number of benzene rings is 1. The van der Waals surface area contributed by atoms with E-state index in [0.717, 1.165) is 12.1 Å². The van der Waals surface area contributed by atoms with Crippen molar-refractivity contribution in [3.05, 3.63) is 48.0 Å². The average molecular weight is 232 g/mol. The average Bonchev–Trinajstić information content (AvgIpc) is 2.29. The maximum absolute atomic E-state index is 11.6. The zero-order valence-corrected chi connectivity index (χ0v) is 10.7. The molecule has 1 N–H and O–H groups in total. The monoisotopic (exact) mass is 232 g/mol. The van der Waals surface area contributed by atoms with Crippen molar-refractivity contribution in [1.29, 1.82) is 0 Å². The van der Waals surface area contributed by atoms with E-state index < -0.39 is 0 Å². The van der Waals surface area contributed by atoms with Gasteiger partial charge in [0.25, 0.3) is 0 Å². The van der Waals surface area contributed by atoms with Crippen molar-refractivity contribution in [3.8, 4) is 0 Å². The first-order valence-corrected chi connectivity index (χ1v) is 5.76. The molecule has 3 nitrogen and oxygen atoms in total. The molecule has 0 bridgehead atoms. The van der Waals surface area contributed by atoms with Crippen LogP contribution in [0.1, 0.15) is 18.5 Å². The van der Waals surface area contributed by atoms with Crippen molar-refractivity contribution in [2.75, 3.05) is 20.6 Å². The standard InChI is InChI=1S/C14H20N2O/c1-4-8-14(17)15-13(11-16(2)3)12-9-6-5-7-10-12/h4-10,13H,11H2,1-3H3,(H,15,17). The van der Waals surface area contributed by atoms with Crippen LogP contribution in [-0.2, 0) is 4.79 Å². The number of allylic oxidation sites excluding steroid dienone is 1. The molecule has 0 saturated heterocycles. The van der Waals surface area contributed by atoms with E-state index in [-0.39, 0.29) is 11.9 Å². The minimum absolute atomic E-state index is 0.0231. The van der Waals surface area contributed by atoms with E-state index in [9.17, 15) is 4.79 Å². The molecule has 0 saturated carbocycles. The highest BCUT2D eigenvalue weighted by Crippen LogP contribution is 2.13. The molecule has 0 spiro atoms. The molecule has 1 aromatic carbocycles. The van der Waals surface area contributed by atoms with Crippen LogP contribution in [0.4, 0.5) is 0 Å². The number of rotatable bonds is 5. The van der Waals surface area contributed by atoms with Gasteiger partial charge in [-0.05, 0) is 32.7 Å². The molecule has 17 heavy (non-hydrogen) atoms. The SMILES string of the molecule is CC=CC(=O)NC(CN(C)C)c1ccccc1. The van der Waals surface area contributed by atoms with Gasteiger partial charge in [-0.3, -0.25) is 4.79 Å². The maximum atomic E-state index is 11.6. The Bertz CT molecular complexity index is 371. The van der Waals surface area contributed by atoms with Gasteiger partial charge in [0.05, 0.1) is 6.04 Å². The smallest absolute Gasteiger partial charge is 0.244 e. The van der Waals surface area contributed by atoms with Gasteiger partial charge in [0.2, 0.25) is 5.91 Å². The Labute approximate surface area is 103 Å². The molecule has 3 heteroatoms. The lowest BCUT2D eigenvalue weighted by atomic mass is 10.1. The summed E-state index contributed by atoms with van der Waals surface area (Å²) in [5, 5.41) is 3.00. The summed E-state index contributed by atoms with van der Waals surface area (Å²) in [7, 11) is 4.00. The largest absolute Gasteiger partial charge is 0.344 e. The lowest BCUT2D eigenvalue weighted by Gasteiger charge is -2.22. The number of hydrogen-bond donors (Lipinski definition) is 1. The Balaban J connectivity index is 2.77. The molecule has 0 heterocycles. The lowest BCUT2D eigenvalue weighted by Crippen LogP contribution is -2.34. The Morgan fingerprint density at radius 3 is 2.53 bits per heavy atom. The molecule has 0 aliphatic carbocycles. The molecule has 1 amide bonds. The highest BCUT2D eigenvalue weighted by Gasteiger charge is 2.13. The van der Waals surface area contributed by atoms with Crippen LogP contribution in [-0.4, -0.2) is 31.4 Å². The van der Waals surface area contributed by atoms with Gasteiger partial charge in [-0.15, -0.1) is 0 Å². The predicted molar refractivity (Wildman–Crippen MR) is 70.7 cm³/mol. The summed E-state index contributed by atoms with van der Waals surface area (Å²) < 4.78 is 0. The van der Waals surface area contributed by atoms with E-state index in [1.807, 2.05) is 51.4 Å². The van der Waals surface area contributed by atoms with Gasteiger partial charge < -0.3 is 10.2 Å². The zero-order chi connectivity index (χ0) is 12.7. The molecule has 1 atom stereocenters. The number of amides is 1. The molecule has 92 valence electrons. The minimum atomic E-state index is -0.0526. The van der Waals surface area contributed by atoms with Gasteiger partial charge >= 0.3 is 0 Å². The van der Waals surface area contributed by atoms with Crippen molar-refractivity contribution >= 4 is 5.91 Å². The molecular formula is C14H20N2O. The van der Waals surface area contributed by atoms with Crippen molar-refractivity contribution in [3.63, 3.8) is 0 Å². The Morgan fingerprint density at radius 1 is 1.35 bits per heavy atom. The number of likely N-dealkylation sites (N-methyl/N-ethyl adjacent to an activating group) is 1. The summed E-state index contributed by atoms with van der Waals surface area (Å²) in [5.74, 6) is -0.0526. The Morgan fingerprint density at radius 2 is 2.00 bits per heavy atom. The van der Waals surface area contributed by atoms with Crippen LogP contribution in [0.5, 0.6) is 0 Å². The number of carbonyl (C=O) groups is 1. The van der Waals surface area contributed by atoms with Gasteiger partial charge in [-0.25, -0.2) is 0 Å². The summed E-state index contributed by atoms with van der Waals surface area (Å²) in [5.41, 5.74) is 1.12. The molecule has 0 radical (unpaired) electrons. The third kappa shape index (κ3) is 4.83. The summed E-state index contributed by atoms with van der Waals surface area (Å²) in [6.45, 7) is 2.62. The Hall–Kier alpha value is -1.61. The van der Waals surface area contributed by atoms with Crippen LogP contribution < -0.4 is 5.32 Å². The van der Waals surface area contributed by atoms with Gasteiger partial charge in [0.15, 0.2) is 0 Å². The first kappa shape index (κ1) is 13.5. The summed E-state index contributed by atoms with van der Waals surface area (Å²) in [6, 6.07) is 10.0. The second-order valence-corrected chi connectivity index (χ2v) is 4.23. The maximum Gasteiger partial charge on any atom is 0.244 e. The summed E-state index contributed by atoms with van der Waals surface area (Å²) in [6.07, 6.45) is 3.29. The molecule has 1 rings (SSSR count). The third-order valence-electron chi connectivity index (χ3n) is 2.38. The highest BCUT2D eigenvalue weighted by molar-refractivity contribution is 5.87. The van der Waals surface area contributed by atoms with Crippen LogP contribution in [0.2, 0.25) is 0 Å². The first-order chi connectivity index (χ1) is 8.13. The number of carbonyl (C=O) groups excluding carboxylic acids is 1.